The molecule has 1 N–H and O–H groups in total. The van der Waals surface area contributed by atoms with Gasteiger partial charge in [-0.1, -0.05) is 12.1 Å². The Morgan fingerprint density at radius 3 is 2.78 bits per heavy atom. The molecule has 2 rings (SSSR count). The van der Waals surface area contributed by atoms with E-state index in [1.807, 2.05) is 55.8 Å². The highest BCUT2D eigenvalue weighted by Gasteiger charge is 2.10. The van der Waals surface area contributed by atoms with Crippen LogP contribution in [0.4, 0.5) is 0 Å². The van der Waals surface area contributed by atoms with Gasteiger partial charge in [0.15, 0.2) is 0 Å². The van der Waals surface area contributed by atoms with Crippen molar-refractivity contribution in [3.05, 3.63) is 47.3 Å². The lowest BCUT2D eigenvalue weighted by Crippen LogP contribution is -2.36. The summed E-state index contributed by atoms with van der Waals surface area (Å²) in [5.41, 5.74) is 3.21. The summed E-state index contributed by atoms with van der Waals surface area (Å²) in [5.74, 6) is 0.877. The van der Waals surface area contributed by atoms with Crippen molar-refractivity contribution in [3.8, 4) is 5.75 Å². The van der Waals surface area contributed by atoms with E-state index in [1.54, 1.807) is 7.11 Å². The maximum Gasteiger partial charge on any atom is 0.220 e. The molecule has 0 aliphatic heterocycles. The van der Waals surface area contributed by atoms with Gasteiger partial charge in [-0.15, -0.1) is 0 Å². The summed E-state index contributed by atoms with van der Waals surface area (Å²) in [6.45, 7) is 6.68. The first-order valence-corrected chi connectivity index (χ1v) is 7.91. The largest absolute Gasteiger partial charge is 0.497 e. The molecule has 0 radical (unpaired) electrons. The van der Waals surface area contributed by atoms with Crippen molar-refractivity contribution in [2.45, 2.75) is 46.2 Å². The second kappa shape index (κ2) is 7.81. The fourth-order valence-corrected chi connectivity index (χ4v) is 2.60. The van der Waals surface area contributed by atoms with Crippen LogP contribution in [0.25, 0.3) is 0 Å². The van der Waals surface area contributed by atoms with E-state index in [0.717, 1.165) is 22.7 Å². The molecule has 0 aliphatic carbocycles. The molecule has 0 fully saturated rings. The SMILES string of the molecule is COc1cccc(CCC(=O)NC(C)Cn2nc(C)cc2C)c1. The van der Waals surface area contributed by atoms with E-state index >= 15 is 0 Å². The number of aryl methyl sites for hydroxylation is 3. The minimum absolute atomic E-state index is 0.0470. The summed E-state index contributed by atoms with van der Waals surface area (Å²) in [5, 5.41) is 7.45. The molecule has 1 atom stereocenters. The van der Waals surface area contributed by atoms with Gasteiger partial charge in [0.25, 0.3) is 0 Å². The minimum Gasteiger partial charge on any atom is -0.497 e. The minimum atomic E-state index is 0.0470. The molecule has 0 bridgehead atoms. The smallest absolute Gasteiger partial charge is 0.220 e. The van der Waals surface area contributed by atoms with Crippen LogP contribution in [-0.4, -0.2) is 28.8 Å². The summed E-state index contributed by atoms with van der Waals surface area (Å²) in [6, 6.07) is 9.90. The van der Waals surface area contributed by atoms with Gasteiger partial charge >= 0.3 is 0 Å². The number of methoxy groups -OCH3 is 1. The van der Waals surface area contributed by atoms with Crippen LogP contribution in [0.5, 0.6) is 5.75 Å². The zero-order valence-corrected chi connectivity index (χ0v) is 14.3. The molecule has 1 unspecified atom stereocenters. The Balaban J connectivity index is 1.80. The molecule has 1 aromatic carbocycles. The van der Waals surface area contributed by atoms with E-state index in [0.29, 0.717) is 19.4 Å². The number of nitrogens with one attached hydrogen (secondary N) is 1. The average molecular weight is 315 g/mol. The highest BCUT2D eigenvalue weighted by Crippen LogP contribution is 2.13. The number of amides is 1. The third-order valence-electron chi connectivity index (χ3n) is 3.73. The highest BCUT2D eigenvalue weighted by molar-refractivity contribution is 5.76. The summed E-state index contributed by atoms with van der Waals surface area (Å²) >= 11 is 0. The van der Waals surface area contributed by atoms with E-state index < -0.39 is 0 Å². The van der Waals surface area contributed by atoms with Gasteiger partial charge in [0.2, 0.25) is 5.91 Å². The second-order valence-electron chi connectivity index (χ2n) is 5.93. The van der Waals surface area contributed by atoms with Crippen molar-refractivity contribution >= 4 is 5.91 Å². The van der Waals surface area contributed by atoms with E-state index in [2.05, 4.69) is 10.4 Å². The first-order chi connectivity index (χ1) is 11.0. The third kappa shape index (κ3) is 5.13. The monoisotopic (exact) mass is 315 g/mol. The van der Waals surface area contributed by atoms with E-state index in [-0.39, 0.29) is 11.9 Å². The van der Waals surface area contributed by atoms with Crippen molar-refractivity contribution in [1.82, 2.24) is 15.1 Å². The highest BCUT2D eigenvalue weighted by atomic mass is 16.5. The van der Waals surface area contributed by atoms with E-state index in [4.69, 9.17) is 4.74 Å². The van der Waals surface area contributed by atoms with Gasteiger partial charge in [0.1, 0.15) is 5.75 Å². The van der Waals surface area contributed by atoms with Gasteiger partial charge in [-0.3, -0.25) is 9.48 Å². The standard InChI is InChI=1S/C18H25N3O2/c1-13-10-15(3)21(20-13)12-14(2)19-18(22)9-8-16-6-5-7-17(11-16)23-4/h5-7,10-11,14H,8-9,12H2,1-4H3,(H,19,22). The van der Waals surface area contributed by atoms with Crippen LogP contribution in [0.1, 0.15) is 30.3 Å². The van der Waals surface area contributed by atoms with Gasteiger partial charge in [-0.05, 0) is 51.0 Å². The molecule has 5 heteroatoms. The lowest BCUT2D eigenvalue weighted by atomic mass is 10.1. The number of aromatic nitrogens is 2. The van der Waals surface area contributed by atoms with Crippen molar-refractivity contribution in [3.63, 3.8) is 0 Å². The van der Waals surface area contributed by atoms with Crippen LogP contribution in [0, 0.1) is 13.8 Å². The maximum absolute atomic E-state index is 12.1. The van der Waals surface area contributed by atoms with Crippen molar-refractivity contribution in [1.29, 1.82) is 0 Å². The summed E-state index contributed by atoms with van der Waals surface area (Å²) in [7, 11) is 1.65. The molecule has 124 valence electrons. The van der Waals surface area contributed by atoms with Crippen LogP contribution in [0.15, 0.2) is 30.3 Å². The third-order valence-corrected chi connectivity index (χ3v) is 3.73. The summed E-state index contributed by atoms with van der Waals surface area (Å²) in [6.07, 6.45) is 1.17. The molecule has 2 aromatic rings. The van der Waals surface area contributed by atoms with Crippen molar-refractivity contribution < 1.29 is 9.53 Å². The Morgan fingerprint density at radius 1 is 1.35 bits per heavy atom. The van der Waals surface area contributed by atoms with Gasteiger partial charge in [-0.2, -0.15) is 5.10 Å². The summed E-state index contributed by atoms with van der Waals surface area (Å²) < 4.78 is 7.13. The number of ether oxygens (including phenoxy) is 1. The molecule has 1 heterocycles. The predicted molar refractivity (Wildman–Crippen MR) is 90.6 cm³/mol. The number of carbonyl (C=O) groups is 1. The van der Waals surface area contributed by atoms with Crippen molar-refractivity contribution in [2.24, 2.45) is 0 Å². The first-order valence-electron chi connectivity index (χ1n) is 7.91. The van der Waals surface area contributed by atoms with Gasteiger partial charge in [-0.25, -0.2) is 0 Å². The summed E-state index contributed by atoms with van der Waals surface area (Å²) in [4.78, 5) is 12.1. The zero-order chi connectivity index (χ0) is 16.8. The molecular formula is C18H25N3O2. The lowest BCUT2D eigenvalue weighted by molar-refractivity contribution is -0.121. The number of benzene rings is 1. The molecule has 0 aliphatic rings. The van der Waals surface area contributed by atoms with Gasteiger partial charge in [0.05, 0.1) is 19.3 Å². The number of hydrogen-bond acceptors (Lipinski definition) is 3. The van der Waals surface area contributed by atoms with Crippen LogP contribution >= 0.6 is 0 Å². The molecular weight excluding hydrogens is 290 g/mol. The van der Waals surface area contributed by atoms with Crippen LogP contribution in [0.3, 0.4) is 0 Å². The number of carbonyl (C=O) groups excluding carboxylic acids is 1. The molecule has 0 spiro atoms. The molecule has 1 aromatic heterocycles. The first kappa shape index (κ1) is 17.1. The zero-order valence-electron chi connectivity index (χ0n) is 14.3. The fourth-order valence-electron chi connectivity index (χ4n) is 2.60. The Kier molecular flexibility index (Phi) is 5.79. The normalized spacial score (nSPS) is 12.0. The van der Waals surface area contributed by atoms with Crippen LogP contribution in [0.2, 0.25) is 0 Å². The lowest BCUT2D eigenvalue weighted by Gasteiger charge is -2.15. The van der Waals surface area contributed by atoms with Gasteiger partial charge < -0.3 is 10.1 Å². The average Bonchev–Trinajstić information content (AvgIpc) is 2.83. The second-order valence-corrected chi connectivity index (χ2v) is 5.93. The Morgan fingerprint density at radius 2 is 2.13 bits per heavy atom. The fraction of sp³-hybridized carbons (Fsp3) is 0.444. The van der Waals surface area contributed by atoms with Crippen molar-refractivity contribution in [2.75, 3.05) is 7.11 Å². The van der Waals surface area contributed by atoms with Gasteiger partial charge in [0, 0.05) is 18.2 Å². The Bertz CT molecular complexity index is 664. The number of hydrogen-bond donors (Lipinski definition) is 1. The Hall–Kier alpha value is -2.30. The molecule has 1 amide bonds. The molecule has 5 nitrogen and oxygen atoms in total. The number of rotatable bonds is 7. The number of nitrogens with zero attached hydrogens (tertiary/aromatic N) is 2. The maximum atomic E-state index is 12.1. The topological polar surface area (TPSA) is 56.1 Å². The van der Waals surface area contributed by atoms with E-state index in [9.17, 15) is 4.79 Å². The molecule has 23 heavy (non-hydrogen) atoms. The van der Waals surface area contributed by atoms with E-state index in [1.165, 1.54) is 0 Å². The Labute approximate surface area is 137 Å². The van der Waals surface area contributed by atoms with Crippen LogP contribution in [-0.2, 0) is 17.8 Å². The molecule has 0 saturated carbocycles. The predicted octanol–water partition coefficient (Wildman–Crippen LogP) is 2.65. The molecule has 0 saturated heterocycles. The van der Waals surface area contributed by atoms with Crippen LogP contribution < -0.4 is 10.1 Å². The quantitative estimate of drug-likeness (QED) is 0.854.